The van der Waals surface area contributed by atoms with E-state index in [4.69, 9.17) is 4.74 Å². The summed E-state index contributed by atoms with van der Waals surface area (Å²) in [4.78, 5) is 11.4. The lowest BCUT2D eigenvalue weighted by atomic mass is 10.1. The van der Waals surface area contributed by atoms with Gasteiger partial charge in [-0.3, -0.25) is 9.36 Å². The molecule has 3 aromatic rings. The quantitative estimate of drug-likeness (QED) is 0.344. The van der Waals surface area contributed by atoms with Crippen LogP contribution in [0.2, 0.25) is 0 Å². The number of esters is 1. The molecule has 3 N–H and O–H groups in total. The fourth-order valence-electron chi connectivity index (χ4n) is 2.87. The number of rotatable bonds is 7. The Labute approximate surface area is 173 Å². The van der Waals surface area contributed by atoms with E-state index in [1.54, 1.807) is 24.3 Å². The molecule has 0 aliphatic carbocycles. The first-order chi connectivity index (χ1) is 13.9. The van der Waals surface area contributed by atoms with Gasteiger partial charge in [-0.15, -0.1) is 0 Å². The Morgan fingerprint density at radius 3 is 2.24 bits per heavy atom. The second-order valence-corrected chi connectivity index (χ2v) is 6.97. The Morgan fingerprint density at radius 1 is 1.00 bits per heavy atom. The van der Waals surface area contributed by atoms with Gasteiger partial charge in [-0.25, -0.2) is 0 Å². The van der Waals surface area contributed by atoms with Gasteiger partial charge in [-0.05, 0) is 29.8 Å². The Morgan fingerprint density at radius 2 is 1.62 bits per heavy atom. The topological polar surface area (TPSA) is 101 Å². The molecular formula is C21H21NO6S. The van der Waals surface area contributed by atoms with Crippen molar-refractivity contribution in [2.45, 2.75) is 18.2 Å². The second-order valence-electron chi connectivity index (χ2n) is 6.35. The monoisotopic (exact) mass is 415 g/mol. The fraction of sp³-hybridized carbons (Fsp3) is 0.190. The number of hydrogen-bond donors (Lipinski definition) is 4. The minimum Gasteiger partial charge on any atom is -0.503 e. The molecule has 0 spiro atoms. The lowest BCUT2D eigenvalue weighted by molar-refractivity contribution is -0.140. The molecule has 1 unspecified atom stereocenters. The second kappa shape index (κ2) is 8.83. The molecule has 3 rings (SSSR count). The molecule has 0 bridgehead atoms. The molecule has 0 radical (unpaired) electrons. The largest absolute Gasteiger partial charge is 0.503 e. The van der Waals surface area contributed by atoms with Crippen LogP contribution in [0.5, 0.6) is 29.0 Å². The van der Waals surface area contributed by atoms with E-state index in [-0.39, 0.29) is 24.4 Å². The molecule has 1 heterocycles. The Bertz CT molecular complexity index is 985. The van der Waals surface area contributed by atoms with Crippen LogP contribution in [0.1, 0.15) is 22.8 Å². The summed E-state index contributed by atoms with van der Waals surface area (Å²) in [5.41, 5.74) is 0.724. The summed E-state index contributed by atoms with van der Waals surface area (Å²) in [6.07, 6.45) is -0.171. The summed E-state index contributed by atoms with van der Waals surface area (Å²) in [5, 5.41) is 30.1. The maximum Gasteiger partial charge on any atom is 0.306 e. The van der Waals surface area contributed by atoms with E-state index >= 15 is 0 Å². The molecule has 0 aliphatic heterocycles. The van der Waals surface area contributed by atoms with Gasteiger partial charge in [-0.2, -0.15) is 12.6 Å². The van der Waals surface area contributed by atoms with Crippen LogP contribution < -0.4 is 4.74 Å². The summed E-state index contributed by atoms with van der Waals surface area (Å²) < 4.78 is 11.4. The highest BCUT2D eigenvalue weighted by Gasteiger charge is 2.28. The highest BCUT2D eigenvalue weighted by atomic mass is 32.1. The number of thiol groups is 1. The van der Waals surface area contributed by atoms with Crippen molar-refractivity contribution in [3.05, 3.63) is 65.7 Å². The molecule has 0 saturated carbocycles. The van der Waals surface area contributed by atoms with Crippen molar-refractivity contribution in [2.24, 2.45) is 0 Å². The summed E-state index contributed by atoms with van der Waals surface area (Å²) in [6.45, 7) is 0.0928. The number of methoxy groups -OCH3 is 1. The van der Waals surface area contributed by atoms with E-state index in [2.05, 4.69) is 17.4 Å². The normalized spacial score (nSPS) is 11.8. The Hall–Kier alpha value is -3.26. The zero-order valence-corrected chi connectivity index (χ0v) is 16.5. The standard InChI is InChI=1S/C21H21NO6S/c1-27-17(23)11-16(29)18-19(24)21(26)22(20(18)25)12-13-7-9-15(10-8-13)28-14-5-3-2-4-6-14/h2-10,16,24-26,29H,11-12H2,1H3. The molecule has 29 heavy (non-hydrogen) atoms. The summed E-state index contributed by atoms with van der Waals surface area (Å²) in [7, 11) is 1.23. The van der Waals surface area contributed by atoms with Gasteiger partial charge in [0.2, 0.25) is 11.8 Å². The highest BCUT2D eigenvalue weighted by Crippen LogP contribution is 2.46. The molecular weight excluding hydrogens is 394 g/mol. The predicted molar refractivity (Wildman–Crippen MR) is 110 cm³/mol. The van der Waals surface area contributed by atoms with Crippen LogP contribution in [0.25, 0.3) is 0 Å². The SMILES string of the molecule is COC(=O)CC(S)c1c(O)c(O)n(Cc2ccc(Oc3ccccc3)cc2)c1O. The van der Waals surface area contributed by atoms with Crippen molar-refractivity contribution in [1.29, 1.82) is 0 Å². The molecule has 152 valence electrons. The van der Waals surface area contributed by atoms with Crippen molar-refractivity contribution >= 4 is 18.6 Å². The first-order valence-electron chi connectivity index (χ1n) is 8.80. The molecule has 7 nitrogen and oxygen atoms in total. The third-order valence-corrected chi connectivity index (χ3v) is 4.82. The van der Waals surface area contributed by atoms with Gasteiger partial charge < -0.3 is 24.8 Å². The lowest BCUT2D eigenvalue weighted by Crippen LogP contribution is -2.05. The minimum absolute atomic E-state index is 0.0275. The first-order valence-corrected chi connectivity index (χ1v) is 9.32. The van der Waals surface area contributed by atoms with E-state index in [1.807, 2.05) is 30.3 Å². The smallest absolute Gasteiger partial charge is 0.306 e. The number of hydrogen-bond acceptors (Lipinski definition) is 7. The lowest BCUT2D eigenvalue weighted by Gasteiger charge is -2.10. The predicted octanol–water partition coefficient (Wildman–Crippen LogP) is 3.98. The van der Waals surface area contributed by atoms with Gasteiger partial charge in [0.15, 0.2) is 5.75 Å². The number of benzene rings is 2. The summed E-state index contributed by atoms with van der Waals surface area (Å²) in [6, 6.07) is 16.4. The van der Waals surface area contributed by atoms with Crippen LogP contribution >= 0.6 is 12.6 Å². The number of aromatic hydroxyl groups is 3. The first kappa shape index (κ1) is 20.5. The number of carbonyl (C=O) groups excluding carboxylic acids is 1. The van der Waals surface area contributed by atoms with Gasteiger partial charge >= 0.3 is 5.97 Å². The third kappa shape index (κ3) is 4.60. The van der Waals surface area contributed by atoms with E-state index in [0.29, 0.717) is 11.5 Å². The van der Waals surface area contributed by atoms with Crippen LogP contribution in [0.15, 0.2) is 54.6 Å². The molecule has 0 amide bonds. The Balaban J connectivity index is 1.78. The number of nitrogens with zero attached hydrogens (tertiary/aromatic N) is 1. The van der Waals surface area contributed by atoms with Gasteiger partial charge in [0.05, 0.1) is 25.6 Å². The number of aromatic nitrogens is 1. The van der Waals surface area contributed by atoms with Crippen LogP contribution in [-0.4, -0.2) is 33.0 Å². The van der Waals surface area contributed by atoms with Crippen molar-refractivity contribution < 1.29 is 29.6 Å². The van der Waals surface area contributed by atoms with E-state index in [9.17, 15) is 20.1 Å². The van der Waals surface area contributed by atoms with E-state index < -0.39 is 22.8 Å². The minimum atomic E-state index is -0.837. The van der Waals surface area contributed by atoms with Crippen molar-refractivity contribution in [2.75, 3.05) is 7.11 Å². The van der Waals surface area contributed by atoms with Crippen molar-refractivity contribution in [3.8, 4) is 29.0 Å². The molecule has 1 aromatic heterocycles. The zero-order valence-electron chi connectivity index (χ0n) is 15.6. The van der Waals surface area contributed by atoms with E-state index in [1.165, 1.54) is 7.11 Å². The zero-order chi connectivity index (χ0) is 21.0. The van der Waals surface area contributed by atoms with Gasteiger partial charge in [0.1, 0.15) is 11.5 Å². The third-order valence-electron chi connectivity index (χ3n) is 4.38. The highest BCUT2D eigenvalue weighted by molar-refractivity contribution is 7.80. The van der Waals surface area contributed by atoms with Crippen LogP contribution in [-0.2, 0) is 16.1 Å². The van der Waals surface area contributed by atoms with Gasteiger partial charge in [-0.1, -0.05) is 30.3 Å². The van der Waals surface area contributed by atoms with Crippen LogP contribution in [0.4, 0.5) is 0 Å². The Kier molecular flexibility index (Phi) is 6.23. The van der Waals surface area contributed by atoms with E-state index in [0.717, 1.165) is 10.1 Å². The molecule has 2 aromatic carbocycles. The van der Waals surface area contributed by atoms with Crippen molar-refractivity contribution in [1.82, 2.24) is 4.57 Å². The molecule has 0 aliphatic rings. The summed E-state index contributed by atoms with van der Waals surface area (Å²) in [5.74, 6) is -0.598. The maximum atomic E-state index is 11.4. The van der Waals surface area contributed by atoms with Gasteiger partial charge in [0, 0.05) is 5.25 Å². The number of ether oxygens (including phenoxy) is 2. The van der Waals surface area contributed by atoms with Crippen molar-refractivity contribution in [3.63, 3.8) is 0 Å². The summed E-state index contributed by atoms with van der Waals surface area (Å²) >= 11 is 4.24. The molecule has 0 fully saturated rings. The van der Waals surface area contributed by atoms with Gasteiger partial charge in [0.25, 0.3) is 0 Å². The molecule has 8 heteroatoms. The molecule has 1 atom stereocenters. The number of carbonyl (C=O) groups is 1. The maximum absolute atomic E-state index is 11.4. The average Bonchev–Trinajstić information content (AvgIpc) is 2.93. The van der Waals surface area contributed by atoms with Crippen LogP contribution in [0.3, 0.4) is 0 Å². The molecule has 0 saturated heterocycles. The average molecular weight is 415 g/mol. The fourth-order valence-corrected chi connectivity index (χ4v) is 3.26. The van der Waals surface area contributed by atoms with Crippen LogP contribution in [0, 0.1) is 0 Å². The number of para-hydroxylation sites is 1.